The van der Waals surface area contributed by atoms with Gasteiger partial charge in [0.25, 0.3) is 0 Å². The summed E-state index contributed by atoms with van der Waals surface area (Å²) in [7, 11) is 0. The van der Waals surface area contributed by atoms with E-state index in [0.29, 0.717) is 16.8 Å². The van der Waals surface area contributed by atoms with E-state index in [-0.39, 0.29) is 5.37 Å². The van der Waals surface area contributed by atoms with Gasteiger partial charge in [-0.2, -0.15) is 11.8 Å². The predicted octanol–water partition coefficient (Wildman–Crippen LogP) is 0.806. The summed E-state index contributed by atoms with van der Waals surface area (Å²) < 4.78 is 0. The molecule has 0 aromatic carbocycles. The van der Waals surface area contributed by atoms with Crippen LogP contribution in [-0.4, -0.2) is 56.4 Å². The Morgan fingerprint density at radius 2 is 2.20 bits per heavy atom. The standard InChI is InChI=1S/C12H22N2O4S2/c1-2-3-7(19-5-8(13)11(15)16)4-10-14-9(6-20-10)12(17)18/h7-10,14H,2-6,13H2,1H3,(H,15,16)(H,17,18)/t7-,8+,9+,10-/m1/s1. The Bertz CT molecular complexity index is 343. The number of carbonyl (C=O) groups is 2. The lowest BCUT2D eigenvalue weighted by Crippen LogP contribution is -2.38. The molecule has 0 aromatic heterocycles. The van der Waals surface area contributed by atoms with Crippen molar-refractivity contribution < 1.29 is 19.8 Å². The zero-order chi connectivity index (χ0) is 15.1. The average Bonchev–Trinajstić information content (AvgIpc) is 2.84. The maximum Gasteiger partial charge on any atom is 0.321 e. The lowest BCUT2D eigenvalue weighted by Gasteiger charge is -2.20. The molecule has 0 radical (unpaired) electrons. The Morgan fingerprint density at radius 3 is 2.70 bits per heavy atom. The van der Waals surface area contributed by atoms with E-state index in [9.17, 15) is 9.59 Å². The number of rotatable bonds is 9. The summed E-state index contributed by atoms with van der Waals surface area (Å²) in [6, 6.07) is -1.31. The van der Waals surface area contributed by atoms with Gasteiger partial charge in [-0.3, -0.25) is 14.9 Å². The van der Waals surface area contributed by atoms with E-state index in [1.54, 1.807) is 23.5 Å². The van der Waals surface area contributed by atoms with E-state index < -0.39 is 24.0 Å². The van der Waals surface area contributed by atoms with Crippen LogP contribution in [0.2, 0.25) is 0 Å². The molecule has 5 N–H and O–H groups in total. The highest BCUT2D eigenvalue weighted by Gasteiger charge is 2.31. The second-order valence-electron chi connectivity index (χ2n) is 4.80. The van der Waals surface area contributed by atoms with Crippen LogP contribution in [0, 0.1) is 0 Å². The molecule has 0 unspecified atom stereocenters. The van der Waals surface area contributed by atoms with Gasteiger partial charge in [-0.25, -0.2) is 0 Å². The molecule has 1 fully saturated rings. The van der Waals surface area contributed by atoms with Gasteiger partial charge < -0.3 is 15.9 Å². The zero-order valence-corrected chi connectivity index (χ0v) is 13.1. The molecule has 0 amide bonds. The molecule has 0 bridgehead atoms. The van der Waals surface area contributed by atoms with Crippen LogP contribution >= 0.6 is 23.5 Å². The van der Waals surface area contributed by atoms with Crippen LogP contribution in [0.5, 0.6) is 0 Å². The van der Waals surface area contributed by atoms with E-state index in [0.717, 1.165) is 19.3 Å². The highest BCUT2D eigenvalue weighted by atomic mass is 32.2. The smallest absolute Gasteiger partial charge is 0.321 e. The van der Waals surface area contributed by atoms with Crippen molar-refractivity contribution in [2.75, 3.05) is 11.5 Å². The topological polar surface area (TPSA) is 113 Å². The van der Waals surface area contributed by atoms with Crippen LogP contribution in [0.1, 0.15) is 26.2 Å². The van der Waals surface area contributed by atoms with Gasteiger partial charge in [-0.05, 0) is 12.8 Å². The largest absolute Gasteiger partial charge is 0.480 e. The van der Waals surface area contributed by atoms with Gasteiger partial charge in [0.2, 0.25) is 0 Å². The first-order valence-electron chi connectivity index (χ1n) is 6.64. The van der Waals surface area contributed by atoms with Crippen molar-refractivity contribution in [2.24, 2.45) is 5.73 Å². The Hall–Kier alpha value is -0.440. The molecule has 8 heteroatoms. The highest BCUT2D eigenvalue weighted by molar-refractivity contribution is 8.01. The molecule has 1 aliphatic rings. The quantitative estimate of drug-likeness (QED) is 0.493. The number of carboxylic acid groups (broad SMARTS) is 2. The number of thioether (sulfide) groups is 2. The Labute approximate surface area is 127 Å². The molecule has 0 spiro atoms. The monoisotopic (exact) mass is 322 g/mol. The van der Waals surface area contributed by atoms with Crippen molar-refractivity contribution in [3.05, 3.63) is 0 Å². The number of nitrogens with two attached hydrogens (primary N) is 1. The van der Waals surface area contributed by atoms with Gasteiger partial charge in [0.05, 0.1) is 5.37 Å². The van der Waals surface area contributed by atoms with Gasteiger partial charge in [0.15, 0.2) is 0 Å². The molecule has 116 valence electrons. The van der Waals surface area contributed by atoms with Crippen molar-refractivity contribution in [1.82, 2.24) is 5.32 Å². The first-order valence-corrected chi connectivity index (χ1v) is 8.74. The van der Waals surface area contributed by atoms with Crippen molar-refractivity contribution in [3.63, 3.8) is 0 Å². The predicted molar refractivity (Wildman–Crippen MR) is 82.2 cm³/mol. The van der Waals surface area contributed by atoms with Crippen LogP contribution in [-0.2, 0) is 9.59 Å². The molecule has 0 saturated carbocycles. The molecular formula is C12H22N2O4S2. The van der Waals surface area contributed by atoms with Gasteiger partial charge in [-0.15, -0.1) is 11.8 Å². The maximum absolute atomic E-state index is 10.9. The number of carboxylic acids is 2. The zero-order valence-electron chi connectivity index (χ0n) is 11.4. The van der Waals surface area contributed by atoms with Crippen LogP contribution in [0.25, 0.3) is 0 Å². The first kappa shape index (κ1) is 17.6. The summed E-state index contributed by atoms with van der Waals surface area (Å²) in [5.74, 6) is -0.822. The summed E-state index contributed by atoms with van der Waals surface area (Å²) in [5.41, 5.74) is 5.51. The highest BCUT2D eigenvalue weighted by Crippen LogP contribution is 2.29. The van der Waals surface area contributed by atoms with Crippen LogP contribution in [0.3, 0.4) is 0 Å². The molecule has 20 heavy (non-hydrogen) atoms. The summed E-state index contributed by atoms with van der Waals surface area (Å²) in [4.78, 5) is 21.6. The SMILES string of the molecule is CCC[C@H](C[C@@H]1N[C@H](C(=O)O)CS1)SC[C@H](N)C(=O)O. The third kappa shape index (κ3) is 5.90. The minimum atomic E-state index is -0.980. The summed E-state index contributed by atoms with van der Waals surface area (Å²) in [5, 5.41) is 21.3. The molecule has 1 heterocycles. The Kier molecular flexibility index (Phi) is 7.71. The Morgan fingerprint density at radius 1 is 1.50 bits per heavy atom. The molecular weight excluding hydrogens is 300 g/mol. The van der Waals surface area contributed by atoms with E-state index >= 15 is 0 Å². The average molecular weight is 322 g/mol. The molecule has 6 nitrogen and oxygen atoms in total. The number of aliphatic carboxylic acids is 2. The minimum absolute atomic E-state index is 0.126. The summed E-state index contributed by atoms with van der Waals surface area (Å²) >= 11 is 3.19. The lowest BCUT2D eigenvalue weighted by atomic mass is 10.2. The maximum atomic E-state index is 10.9. The van der Waals surface area contributed by atoms with E-state index in [4.69, 9.17) is 15.9 Å². The molecule has 0 aromatic rings. The number of hydrogen-bond donors (Lipinski definition) is 4. The number of nitrogens with one attached hydrogen (secondary N) is 1. The molecule has 0 aliphatic carbocycles. The summed E-state index contributed by atoms with van der Waals surface area (Å²) in [6.45, 7) is 2.08. The van der Waals surface area contributed by atoms with Crippen LogP contribution < -0.4 is 11.1 Å². The van der Waals surface area contributed by atoms with Crippen LogP contribution in [0.15, 0.2) is 0 Å². The second kappa shape index (κ2) is 8.76. The van der Waals surface area contributed by atoms with Gasteiger partial charge >= 0.3 is 11.9 Å². The van der Waals surface area contributed by atoms with Gasteiger partial charge in [0.1, 0.15) is 12.1 Å². The molecule has 1 saturated heterocycles. The fourth-order valence-corrected chi connectivity index (χ4v) is 4.72. The fraction of sp³-hybridized carbons (Fsp3) is 0.833. The molecule has 1 aliphatic heterocycles. The van der Waals surface area contributed by atoms with Crippen LogP contribution in [0.4, 0.5) is 0 Å². The van der Waals surface area contributed by atoms with E-state index in [2.05, 4.69) is 12.2 Å². The fourth-order valence-electron chi connectivity index (χ4n) is 1.95. The van der Waals surface area contributed by atoms with Crippen molar-refractivity contribution in [2.45, 2.75) is 48.9 Å². The van der Waals surface area contributed by atoms with Crippen molar-refractivity contribution >= 4 is 35.5 Å². The Balaban J connectivity index is 2.39. The summed E-state index contributed by atoms with van der Waals surface area (Å²) in [6.07, 6.45) is 2.83. The first-order chi connectivity index (χ1) is 9.43. The third-order valence-electron chi connectivity index (χ3n) is 3.07. The van der Waals surface area contributed by atoms with Gasteiger partial charge in [0, 0.05) is 16.8 Å². The van der Waals surface area contributed by atoms with Gasteiger partial charge in [-0.1, -0.05) is 13.3 Å². The number of hydrogen-bond acceptors (Lipinski definition) is 6. The minimum Gasteiger partial charge on any atom is -0.480 e. The van der Waals surface area contributed by atoms with E-state index in [1.807, 2.05) is 0 Å². The van der Waals surface area contributed by atoms with Crippen molar-refractivity contribution in [1.29, 1.82) is 0 Å². The normalized spacial score (nSPS) is 25.3. The molecule has 1 rings (SSSR count). The lowest BCUT2D eigenvalue weighted by molar-refractivity contribution is -0.139. The van der Waals surface area contributed by atoms with E-state index in [1.165, 1.54) is 0 Å². The second-order valence-corrected chi connectivity index (χ2v) is 7.37. The van der Waals surface area contributed by atoms with Crippen molar-refractivity contribution in [3.8, 4) is 0 Å². The molecule has 4 atom stereocenters. The third-order valence-corrected chi connectivity index (χ3v) is 5.77.